The fourth-order valence-electron chi connectivity index (χ4n) is 3.61. The standard InChI is InChI=1S/C28H26N2O4S2/c1-3-19-9-12-22(13-10-19)30-27(32)25(36-28(30)35)16-21-11-14-23(24(15-21)33-2)34-18-26(31)29-17-20-7-5-4-6-8-20/h4-16H,3,17-18H2,1-2H3,(H,29,31)/b25-16-. The van der Waals surface area contributed by atoms with E-state index < -0.39 is 0 Å². The maximum absolute atomic E-state index is 13.1. The average molecular weight is 519 g/mol. The lowest BCUT2D eigenvalue weighted by Gasteiger charge is -2.14. The van der Waals surface area contributed by atoms with Gasteiger partial charge < -0.3 is 14.8 Å². The number of amides is 2. The van der Waals surface area contributed by atoms with Crippen molar-refractivity contribution in [2.45, 2.75) is 19.9 Å². The van der Waals surface area contributed by atoms with Gasteiger partial charge in [-0.15, -0.1) is 0 Å². The van der Waals surface area contributed by atoms with Gasteiger partial charge in [-0.25, -0.2) is 0 Å². The molecule has 1 saturated heterocycles. The molecular weight excluding hydrogens is 492 g/mol. The first kappa shape index (κ1) is 25.5. The van der Waals surface area contributed by atoms with Gasteiger partial charge in [-0.3, -0.25) is 14.5 Å². The molecule has 4 rings (SSSR count). The number of nitrogens with zero attached hydrogens (tertiary/aromatic N) is 1. The topological polar surface area (TPSA) is 67.9 Å². The highest BCUT2D eigenvalue weighted by molar-refractivity contribution is 8.27. The Hall–Kier alpha value is -3.62. The normalized spacial score (nSPS) is 14.3. The fourth-order valence-corrected chi connectivity index (χ4v) is 4.91. The third-order valence-electron chi connectivity index (χ3n) is 5.57. The number of carbonyl (C=O) groups is 2. The number of thiocarbonyl (C=S) groups is 1. The molecule has 1 aliphatic rings. The highest BCUT2D eigenvalue weighted by Crippen LogP contribution is 2.37. The molecule has 2 amide bonds. The maximum Gasteiger partial charge on any atom is 0.270 e. The van der Waals surface area contributed by atoms with Crippen LogP contribution in [-0.4, -0.2) is 29.9 Å². The summed E-state index contributed by atoms with van der Waals surface area (Å²) in [7, 11) is 1.53. The maximum atomic E-state index is 13.1. The van der Waals surface area contributed by atoms with Crippen LogP contribution in [0.25, 0.3) is 6.08 Å². The van der Waals surface area contributed by atoms with E-state index in [1.54, 1.807) is 23.1 Å². The first-order chi connectivity index (χ1) is 17.5. The van der Waals surface area contributed by atoms with E-state index in [9.17, 15) is 9.59 Å². The van der Waals surface area contributed by atoms with Crippen molar-refractivity contribution in [3.05, 3.63) is 94.4 Å². The Morgan fingerprint density at radius 2 is 1.78 bits per heavy atom. The Labute approximate surface area is 220 Å². The van der Waals surface area contributed by atoms with Crippen molar-refractivity contribution in [2.24, 2.45) is 0 Å². The number of hydrogen-bond acceptors (Lipinski definition) is 6. The predicted octanol–water partition coefficient (Wildman–Crippen LogP) is 5.36. The molecule has 1 aliphatic heterocycles. The molecule has 0 aliphatic carbocycles. The molecule has 0 radical (unpaired) electrons. The first-order valence-electron chi connectivity index (χ1n) is 11.5. The smallest absolute Gasteiger partial charge is 0.270 e. The number of ether oxygens (including phenoxy) is 2. The molecular formula is C28H26N2O4S2. The van der Waals surface area contributed by atoms with Gasteiger partial charge in [0.15, 0.2) is 22.4 Å². The highest BCUT2D eigenvalue weighted by atomic mass is 32.2. The Morgan fingerprint density at radius 3 is 2.47 bits per heavy atom. The van der Waals surface area contributed by atoms with E-state index in [1.807, 2.05) is 60.7 Å². The number of carbonyl (C=O) groups excluding carboxylic acids is 2. The van der Waals surface area contributed by atoms with Crippen LogP contribution in [0, 0.1) is 0 Å². The minimum Gasteiger partial charge on any atom is -0.493 e. The number of rotatable bonds is 9. The summed E-state index contributed by atoms with van der Waals surface area (Å²) in [5, 5.41) is 2.83. The predicted molar refractivity (Wildman–Crippen MR) is 148 cm³/mol. The third-order valence-corrected chi connectivity index (χ3v) is 6.88. The van der Waals surface area contributed by atoms with Gasteiger partial charge in [-0.2, -0.15) is 0 Å². The quantitative estimate of drug-likeness (QED) is 0.304. The molecule has 8 heteroatoms. The van der Waals surface area contributed by atoms with Crippen molar-refractivity contribution >= 4 is 51.9 Å². The van der Waals surface area contributed by atoms with Crippen LogP contribution in [0.4, 0.5) is 5.69 Å². The number of methoxy groups -OCH3 is 1. The lowest BCUT2D eigenvalue weighted by molar-refractivity contribution is -0.123. The highest BCUT2D eigenvalue weighted by Gasteiger charge is 2.33. The van der Waals surface area contributed by atoms with Crippen LogP contribution in [0.15, 0.2) is 77.7 Å². The van der Waals surface area contributed by atoms with Gasteiger partial charge in [0.05, 0.1) is 17.7 Å². The van der Waals surface area contributed by atoms with E-state index >= 15 is 0 Å². The summed E-state index contributed by atoms with van der Waals surface area (Å²) >= 11 is 6.74. The number of thioether (sulfide) groups is 1. The average Bonchev–Trinajstić information content (AvgIpc) is 3.19. The zero-order chi connectivity index (χ0) is 25.5. The Bertz CT molecular complexity index is 1290. The third kappa shape index (κ3) is 6.13. The summed E-state index contributed by atoms with van der Waals surface area (Å²) in [6.07, 6.45) is 2.71. The van der Waals surface area contributed by atoms with Gasteiger partial charge in [0.2, 0.25) is 0 Å². The summed E-state index contributed by atoms with van der Waals surface area (Å²) in [5.74, 6) is 0.502. The van der Waals surface area contributed by atoms with Crippen molar-refractivity contribution in [3.63, 3.8) is 0 Å². The van der Waals surface area contributed by atoms with E-state index in [0.29, 0.717) is 27.3 Å². The lowest BCUT2D eigenvalue weighted by Crippen LogP contribution is -2.28. The molecule has 1 heterocycles. The molecule has 0 saturated carbocycles. The van der Waals surface area contributed by atoms with Crippen LogP contribution in [0.2, 0.25) is 0 Å². The van der Waals surface area contributed by atoms with Crippen LogP contribution in [0.3, 0.4) is 0 Å². The van der Waals surface area contributed by atoms with E-state index in [1.165, 1.54) is 24.4 Å². The number of anilines is 1. The molecule has 0 atom stereocenters. The first-order valence-corrected chi connectivity index (χ1v) is 12.7. The van der Waals surface area contributed by atoms with Crippen LogP contribution >= 0.6 is 24.0 Å². The summed E-state index contributed by atoms with van der Waals surface area (Å²) in [6.45, 7) is 2.38. The van der Waals surface area contributed by atoms with Gasteiger partial charge in [-0.05, 0) is 53.5 Å². The zero-order valence-corrected chi connectivity index (χ0v) is 21.7. The molecule has 1 fully saturated rings. The molecule has 1 N–H and O–H groups in total. The van der Waals surface area contributed by atoms with Crippen LogP contribution in [-0.2, 0) is 22.6 Å². The fraction of sp³-hybridized carbons (Fsp3) is 0.179. The molecule has 0 spiro atoms. The number of nitrogens with one attached hydrogen (secondary N) is 1. The molecule has 0 unspecified atom stereocenters. The molecule has 3 aromatic rings. The van der Waals surface area contributed by atoms with E-state index in [0.717, 1.165) is 23.2 Å². The van der Waals surface area contributed by atoms with E-state index in [4.69, 9.17) is 21.7 Å². The van der Waals surface area contributed by atoms with Crippen LogP contribution in [0.1, 0.15) is 23.6 Å². The Kier molecular flexibility index (Phi) is 8.40. The van der Waals surface area contributed by atoms with Crippen LogP contribution in [0.5, 0.6) is 11.5 Å². The van der Waals surface area contributed by atoms with Crippen molar-refractivity contribution in [3.8, 4) is 11.5 Å². The largest absolute Gasteiger partial charge is 0.493 e. The van der Waals surface area contributed by atoms with Gasteiger partial charge in [-0.1, -0.05) is 79.4 Å². The minimum atomic E-state index is -0.236. The van der Waals surface area contributed by atoms with E-state index in [-0.39, 0.29) is 18.4 Å². The molecule has 0 bridgehead atoms. The van der Waals surface area contributed by atoms with Gasteiger partial charge in [0, 0.05) is 6.54 Å². The zero-order valence-electron chi connectivity index (χ0n) is 20.0. The summed E-state index contributed by atoms with van der Waals surface area (Å²) < 4.78 is 11.6. The second kappa shape index (κ2) is 11.9. The molecule has 0 aromatic heterocycles. The van der Waals surface area contributed by atoms with Gasteiger partial charge >= 0.3 is 0 Å². The number of aryl methyl sites for hydroxylation is 1. The Balaban J connectivity index is 1.41. The summed E-state index contributed by atoms with van der Waals surface area (Å²) in [6, 6.07) is 22.8. The van der Waals surface area contributed by atoms with Crippen molar-refractivity contribution in [1.29, 1.82) is 0 Å². The molecule has 36 heavy (non-hydrogen) atoms. The number of hydrogen-bond donors (Lipinski definition) is 1. The van der Waals surface area contributed by atoms with Crippen molar-refractivity contribution in [2.75, 3.05) is 18.6 Å². The van der Waals surface area contributed by atoms with Gasteiger partial charge in [0.25, 0.3) is 11.8 Å². The SMILES string of the molecule is CCc1ccc(N2C(=O)/C(=C/c3ccc(OCC(=O)NCc4ccccc4)c(OC)c3)SC2=S)cc1. The molecule has 3 aromatic carbocycles. The second-order valence-electron chi connectivity index (χ2n) is 8.00. The van der Waals surface area contributed by atoms with Gasteiger partial charge in [0.1, 0.15) is 0 Å². The van der Waals surface area contributed by atoms with E-state index in [2.05, 4.69) is 12.2 Å². The monoisotopic (exact) mass is 518 g/mol. The minimum absolute atomic E-state index is 0.141. The van der Waals surface area contributed by atoms with Crippen molar-refractivity contribution in [1.82, 2.24) is 5.32 Å². The second-order valence-corrected chi connectivity index (χ2v) is 9.67. The summed E-state index contributed by atoms with van der Waals surface area (Å²) in [5.41, 5.74) is 3.72. The van der Waals surface area contributed by atoms with Crippen molar-refractivity contribution < 1.29 is 19.1 Å². The number of benzene rings is 3. The summed E-state index contributed by atoms with van der Waals surface area (Å²) in [4.78, 5) is 27.4. The molecule has 6 nitrogen and oxygen atoms in total. The lowest BCUT2D eigenvalue weighted by atomic mass is 10.1. The Morgan fingerprint density at radius 1 is 1.03 bits per heavy atom. The molecule has 184 valence electrons. The van der Waals surface area contributed by atoms with Crippen LogP contribution < -0.4 is 19.7 Å².